The van der Waals surface area contributed by atoms with Crippen LogP contribution in [0.1, 0.15) is 29.8 Å². The number of aromatic nitrogens is 1. The van der Waals surface area contributed by atoms with Crippen LogP contribution in [0.4, 0.5) is 11.5 Å². The number of carbonyl (C=O) groups is 1. The number of carbonyl (C=O) groups excluding carboxylic acids is 1. The van der Waals surface area contributed by atoms with Gasteiger partial charge in [-0.3, -0.25) is 4.79 Å². The molecule has 1 N–H and O–H groups in total. The second-order valence-corrected chi connectivity index (χ2v) is 6.72. The van der Waals surface area contributed by atoms with Gasteiger partial charge in [-0.25, -0.2) is 4.98 Å². The lowest BCUT2D eigenvalue weighted by Gasteiger charge is -2.21. The van der Waals surface area contributed by atoms with Gasteiger partial charge in [0.15, 0.2) is 11.5 Å². The lowest BCUT2D eigenvalue weighted by molar-refractivity contribution is 0.102. The third-order valence-electron chi connectivity index (χ3n) is 4.98. The van der Waals surface area contributed by atoms with E-state index in [1.807, 2.05) is 18.2 Å². The summed E-state index contributed by atoms with van der Waals surface area (Å²) < 4.78 is 10.6. The molecule has 0 saturated heterocycles. The van der Waals surface area contributed by atoms with Crippen molar-refractivity contribution >= 4 is 28.3 Å². The van der Waals surface area contributed by atoms with Crippen LogP contribution >= 0.6 is 0 Å². The molecule has 1 amide bonds. The normalized spacial score (nSPS) is 12.2. The van der Waals surface area contributed by atoms with E-state index >= 15 is 0 Å². The Morgan fingerprint density at radius 2 is 1.86 bits per heavy atom. The number of nitrogens with zero attached hydrogens (tertiary/aromatic N) is 2. The van der Waals surface area contributed by atoms with Gasteiger partial charge in [0.1, 0.15) is 5.82 Å². The Labute approximate surface area is 164 Å². The van der Waals surface area contributed by atoms with Gasteiger partial charge in [-0.15, -0.1) is 0 Å². The highest BCUT2D eigenvalue weighted by Crippen LogP contribution is 2.33. The number of hydrogen-bond acceptors (Lipinski definition) is 5. The zero-order valence-corrected chi connectivity index (χ0v) is 16.3. The van der Waals surface area contributed by atoms with Gasteiger partial charge in [0.2, 0.25) is 6.79 Å². The average molecular weight is 377 g/mol. The Morgan fingerprint density at radius 1 is 1.07 bits per heavy atom. The first-order valence-electron chi connectivity index (χ1n) is 9.46. The Bertz CT molecular complexity index is 1040. The van der Waals surface area contributed by atoms with Gasteiger partial charge in [0, 0.05) is 29.7 Å². The molecule has 0 spiro atoms. The van der Waals surface area contributed by atoms with E-state index in [0.717, 1.165) is 41.1 Å². The zero-order valence-electron chi connectivity index (χ0n) is 16.3. The van der Waals surface area contributed by atoms with Crippen molar-refractivity contribution in [3.63, 3.8) is 0 Å². The largest absolute Gasteiger partial charge is 0.454 e. The smallest absolute Gasteiger partial charge is 0.255 e. The predicted molar refractivity (Wildman–Crippen MR) is 111 cm³/mol. The van der Waals surface area contributed by atoms with E-state index in [9.17, 15) is 4.79 Å². The molecular weight excluding hydrogens is 354 g/mol. The molecule has 6 heteroatoms. The number of amides is 1. The second kappa shape index (κ2) is 7.38. The summed E-state index contributed by atoms with van der Waals surface area (Å²) in [7, 11) is 0. The molecule has 0 fully saturated rings. The lowest BCUT2D eigenvalue weighted by atomic mass is 10.1. The molecule has 0 bridgehead atoms. The number of benzene rings is 2. The summed E-state index contributed by atoms with van der Waals surface area (Å²) in [5.74, 6) is 2.04. The highest BCUT2D eigenvalue weighted by molar-refractivity contribution is 6.05. The van der Waals surface area contributed by atoms with E-state index < -0.39 is 0 Å². The Kier molecular flexibility index (Phi) is 4.77. The van der Waals surface area contributed by atoms with Crippen molar-refractivity contribution in [2.75, 3.05) is 30.1 Å². The van der Waals surface area contributed by atoms with Crippen LogP contribution in [0.3, 0.4) is 0 Å². The number of pyridine rings is 1. The van der Waals surface area contributed by atoms with Gasteiger partial charge < -0.3 is 19.7 Å². The van der Waals surface area contributed by atoms with Crippen molar-refractivity contribution in [2.24, 2.45) is 0 Å². The molecule has 1 aliphatic rings. The fraction of sp³-hybridized carbons (Fsp3) is 0.273. The van der Waals surface area contributed by atoms with Gasteiger partial charge in [0.05, 0.1) is 5.52 Å². The molecule has 0 radical (unpaired) electrons. The molecule has 0 unspecified atom stereocenters. The Morgan fingerprint density at radius 3 is 2.64 bits per heavy atom. The number of aryl methyl sites for hydroxylation is 1. The highest BCUT2D eigenvalue weighted by atomic mass is 16.7. The van der Waals surface area contributed by atoms with E-state index in [0.29, 0.717) is 17.1 Å². The summed E-state index contributed by atoms with van der Waals surface area (Å²) in [6, 6.07) is 13.1. The SMILES string of the molecule is CCN(CC)c1cc(C)c2cc(NC(=O)c3ccc4c(c3)OCO4)ccc2n1. The Hall–Kier alpha value is -3.28. The average Bonchev–Trinajstić information content (AvgIpc) is 3.17. The third kappa shape index (κ3) is 3.33. The fourth-order valence-electron chi connectivity index (χ4n) is 3.40. The molecule has 1 aromatic heterocycles. The van der Waals surface area contributed by atoms with Gasteiger partial charge in [-0.1, -0.05) is 0 Å². The number of nitrogens with one attached hydrogen (secondary N) is 1. The molecule has 3 aromatic rings. The fourth-order valence-corrected chi connectivity index (χ4v) is 3.40. The molecule has 4 rings (SSSR count). The van der Waals surface area contributed by atoms with Crippen molar-refractivity contribution < 1.29 is 14.3 Å². The van der Waals surface area contributed by atoms with Crippen LogP contribution in [0, 0.1) is 6.92 Å². The standard InChI is InChI=1S/C22H23N3O3/c1-4-25(5-2)21-10-14(3)17-12-16(7-8-18(17)24-21)23-22(26)15-6-9-19-20(11-15)28-13-27-19/h6-12H,4-5,13H2,1-3H3,(H,23,26). The van der Waals surface area contributed by atoms with Crippen LogP contribution < -0.4 is 19.7 Å². The lowest BCUT2D eigenvalue weighted by Crippen LogP contribution is -2.23. The van der Waals surface area contributed by atoms with Crippen molar-refractivity contribution in [2.45, 2.75) is 20.8 Å². The van der Waals surface area contributed by atoms with Gasteiger partial charge in [-0.05, 0) is 68.8 Å². The van der Waals surface area contributed by atoms with Gasteiger partial charge in [0.25, 0.3) is 5.91 Å². The van der Waals surface area contributed by atoms with Crippen molar-refractivity contribution in [1.29, 1.82) is 0 Å². The summed E-state index contributed by atoms with van der Waals surface area (Å²) in [4.78, 5) is 19.6. The molecule has 0 saturated carbocycles. The van der Waals surface area contributed by atoms with Crippen LogP contribution in [-0.4, -0.2) is 30.8 Å². The van der Waals surface area contributed by atoms with Gasteiger partial charge in [-0.2, -0.15) is 0 Å². The Balaban J connectivity index is 1.60. The summed E-state index contributed by atoms with van der Waals surface area (Å²) in [6.45, 7) is 8.34. The molecule has 0 aliphatic carbocycles. The molecule has 2 aromatic carbocycles. The van der Waals surface area contributed by atoms with Crippen LogP contribution in [0.15, 0.2) is 42.5 Å². The van der Waals surface area contributed by atoms with Crippen molar-refractivity contribution in [3.05, 3.63) is 53.6 Å². The molecule has 28 heavy (non-hydrogen) atoms. The van der Waals surface area contributed by atoms with E-state index in [-0.39, 0.29) is 12.7 Å². The van der Waals surface area contributed by atoms with Crippen molar-refractivity contribution in [1.82, 2.24) is 4.98 Å². The monoisotopic (exact) mass is 377 g/mol. The molecule has 1 aliphatic heterocycles. The minimum absolute atomic E-state index is 0.187. The summed E-state index contributed by atoms with van der Waals surface area (Å²) >= 11 is 0. The first-order valence-corrected chi connectivity index (χ1v) is 9.46. The maximum atomic E-state index is 12.6. The van der Waals surface area contributed by atoms with Crippen LogP contribution in [0.2, 0.25) is 0 Å². The maximum absolute atomic E-state index is 12.6. The summed E-state index contributed by atoms with van der Waals surface area (Å²) in [5, 5.41) is 3.98. The maximum Gasteiger partial charge on any atom is 0.255 e. The second-order valence-electron chi connectivity index (χ2n) is 6.72. The van der Waals surface area contributed by atoms with Gasteiger partial charge >= 0.3 is 0 Å². The minimum atomic E-state index is -0.192. The van der Waals surface area contributed by atoms with E-state index in [1.165, 1.54) is 0 Å². The minimum Gasteiger partial charge on any atom is -0.454 e. The number of ether oxygens (including phenoxy) is 2. The first kappa shape index (κ1) is 18.1. The van der Waals surface area contributed by atoms with Crippen LogP contribution in [0.5, 0.6) is 11.5 Å². The third-order valence-corrected chi connectivity index (χ3v) is 4.98. The molecule has 144 valence electrons. The van der Waals surface area contributed by atoms with E-state index in [1.54, 1.807) is 18.2 Å². The van der Waals surface area contributed by atoms with E-state index in [4.69, 9.17) is 14.5 Å². The van der Waals surface area contributed by atoms with Crippen molar-refractivity contribution in [3.8, 4) is 11.5 Å². The number of fused-ring (bicyclic) bond motifs is 2. The van der Waals surface area contributed by atoms with Crippen LogP contribution in [0.25, 0.3) is 10.9 Å². The summed E-state index contributed by atoms with van der Waals surface area (Å²) in [6.07, 6.45) is 0. The predicted octanol–water partition coefficient (Wildman–Crippen LogP) is 4.37. The topological polar surface area (TPSA) is 63.7 Å². The highest BCUT2D eigenvalue weighted by Gasteiger charge is 2.16. The molecule has 2 heterocycles. The number of rotatable bonds is 5. The molecular formula is C22H23N3O3. The first-order chi connectivity index (χ1) is 13.6. The van der Waals surface area contributed by atoms with E-state index in [2.05, 4.69) is 37.1 Å². The molecule has 6 nitrogen and oxygen atoms in total. The number of hydrogen-bond donors (Lipinski definition) is 1. The quantitative estimate of drug-likeness (QED) is 0.715. The molecule has 0 atom stereocenters. The number of anilines is 2. The zero-order chi connectivity index (χ0) is 19.7. The van der Waals surface area contributed by atoms with Crippen LogP contribution in [-0.2, 0) is 0 Å². The summed E-state index contributed by atoms with van der Waals surface area (Å²) in [5.41, 5.74) is 3.31.